The van der Waals surface area contributed by atoms with Crippen molar-refractivity contribution in [3.63, 3.8) is 0 Å². The van der Waals surface area contributed by atoms with E-state index in [1.54, 1.807) is 0 Å². The Morgan fingerprint density at radius 2 is 1.26 bits per heavy atom. The van der Waals surface area contributed by atoms with Gasteiger partial charge in [0.25, 0.3) is 0 Å². The zero-order valence-corrected chi connectivity index (χ0v) is 16.4. The lowest BCUT2D eigenvalue weighted by Gasteiger charge is -2.37. The Hall–Kier alpha value is -2.86. The highest BCUT2D eigenvalue weighted by atomic mass is 14.4. The SMILES string of the molecule is C=C(/C=C/C)C(Cc1ccccc1)(Cc1ccccc1)c1ccccc1C. The molecule has 3 rings (SSSR count). The van der Waals surface area contributed by atoms with Crippen molar-refractivity contribution in [1.82, 2.24) is 0 Å². The third kappa shape index (κ3) is 4.28. The molecule has 0 amide bonds. The molecule has 3 aromatic carbocycles. The van der Waals surface area contributed by atoms with E-state index in [-0.39, 0.29) is 5.41 Å². The molecule has 0 N–H and O–H groups in total. The normalized spacial score (nSPS) is 11.6. The van der Waals surface area contributed by atoms with Gasteiger partial charge in [0, 0.05) is 5.41 Å². The number of hydrogen-bond donors (Lipinski definition) is 0. The van der Waals surface area contributed by atoms with Gasteiger partial charge in [-0.15, -0.1) is 0 Å². The van der Waals surface area contributed by atoms with Crippen LogP contribution in [0.15, 0.2) is 109 Å². The van der Waals surface area contributed by atoms with Crippen molar-refractivity contribution in [1.29, 1.82) is 0 Å². The summed E-state index contributed by atoms with van der Waals surface area (Å²) in [6, 6.07) is 30.3. The van der Waals surface area contributed by atoms with Gasteiger partial charge >= 0.3 is 0 Å². The van der Waals surface area contributed by atoms with Crippen LogP contribution < -0.4 is 0 Å². The lowest BCUT2D eigenvalue weighted by Crippen LogP contribution is -2.34. The van der Waals surface area contributed by atoms with Crippen molar-refractivity contribution in [3.05, 3.63) is 131 Å². The predicted octanol–water partition coefficient (Wildman–Crippen LogP) is 6.85. The number of rotatable bonds is 7. The van der Waals surface area contributed by atoms with E-state index in [9.17, 15) is 0 Å². The summed E-state index contributed by atoms with van der Waals surface area (Å²) in [6.07, 6.45) is 6.14. The number of allylic oxidation sites excluding steroid dienone is 3. The maximum Gasteiger partial charge on any atom is 0.0280 e. The Morgan fingerprint density at radius 3 is 1.74 bits per heavy atom. The van der Waals surface area contributed by atoms with Crippen LogP contribution >= 0.6 is 0 Å². The molecule has 0 fully saturated rings. The largest absolute Gasteiger partial charge is 0.0949 e. The van der Waals surface area contributed by atoms with Crippen LogP contribution in [0.25, 0.3) is 0 Å². The summed E-state index contributed by atoms with van der Waals surface area (Å²) in [6.45, 7) is 8.82. The monoisotopic (exact) mass is 352 g/mol. The summed E-state index contributed by atoms with van der Waals surface area (Å²) in [7, 11) is 0. The third-order valence-corrected chi connectivity index (χ3v) is 5.34. The molecule has 0 aliphatic carbocycles. The summed E-state index contributed by atoms with van der Waals surface area (Å²) in [5.74, 6) is 0. The predicted molar refractivity (Wildman–Crippen MR) is 117 cm³/mol. The molecule has 27 heavy (non-hydrogen) atoms. The van der Waals surface area contributed by atoms with Crippen LogP contribution in [0.4, 0.5) is 0 Å². The maximum atomic E-state index is 4.54. The smallest absolute Gasteiger partial charge is 0.0280 e. The summed E-state index contributed by atoms with van der Waals surface area (Å²) in [5, 5.41) is 0. The van der Waals surface area contributed by atoms with Gasteiger partial charge in [-0.3, -0.25) is 0 Å². The summed E-state index contributed by atoms with van der Waals surface area (Å²) in [4.78, 5) is 0. The molecule has 0 spiro atoms. The first-order valence-corrected chi connectivity index (χ1v) is 9.62. The molecule has 136 valence electrons. The van der Waals surface area contributed by atoms with Crippen LogP contribution in [0.1, 0.15) is 29.2 Å². The van der Waals surface area contributed by atoms with Crippen molar-refractivity contribution in [2.45, 2.75) is 32.1 Å². The lowest BCUT2D eigenvalue weighted by atomic mass is 9.65. The Kier molecular flexibility index (Phi) is 6.08. The van der Waals surface area contributed by atoms with Crippen LogP contribution in [-0.4, -0.2) is 0 Å². The molecule has 0 heteroatoms. The standard InChI is InChI=1S/C27H28/c1-4-13-23(3)27(20-24-15-7-5-8-16-24,21-25-17-9-6-10-18-25)26-19-12-11-14-22(26)2/h4-19H,3,20-21H2,1-2H3/b13-4+. The molecule has 0 nitrogen and oxygen atoms in total. The van der Waals surface area contributed by atoms with E-state index in [0.29, 0.717) is 0 Å². The van der Waals surface area contributed by atoms with Gasteiger partial charge in [-0.25, -0.2) is 0 Å². The maximum absolute atomic E-state index is 4.54. The Labute approximate surface area is 163 Å². The molecule has 0 heterocycles. The van der Waals surface area contributed by atoms with E-state index >= 15 is 0 Å². The Balaban J connectivity index is 2.20. The molecule has 0 radical (unpaired) electrons. The van der Waals surface area contributed by atoms with Crippen molar-refractivity contribution in [2.24, 2.45) is 0 Å². The van der Waals surface area contributed by atoms with E-state index in [2.05, 4.69) is 118 Å². The molecule has 0 saturated carbocycles. The Bertz CT molecular complexity index is 860. The average molecular weight is 353 g/mol. The van der Waals surface area contributed by atoms with E-state index < -0.39 is 0 Å². The topological polar surface area (TPSA) is 0 Å². The molecule has 0 saturated heterocycles. The summed E-state index contributed by atoms with van der Waals surface area (Å²) < 4.78 is 0. The van der Waals surface area contributed by atoms with Crippen LogP contribution in [0.5, 0.6) is 0 Å². The molecule has 0 aliphatic rings. The lowest BCUT2D eigenvalue weighted by molar-refractivity contribution is 0.504. The van der Waals surface area contributed by atoms with Crippen LogP contribution in [0.3, 0.4) is 0 Å². The molecule has 0 bridgehead atoms. The fraction of sp³-hybridized carbons (Fsp3) is 0.185. The zero-order valence-electron chi connectivity index (χ0n) is 16.4. The van der Waals surface area contributed by atoms with E-state index in [0.717, 1.165) is 18.4 Å². The van der Waals surface area contributed by atoms with Gasteiger partial charge in [0.15, 0.2) is 0 Å². The van der Waals surface area contributed by atoms with Crippen molar-refractivity contribution in [3.8, 4) is 0 Å². The highest BCUT2D eigenvalue weighted by Crippen LogP contribution is 2.40. The van der Waals surface area contributed by atoms with Crippen molar-refractivity contribution >= 4 is 0 Å². The van der Waals surface area contributed by atoms with Crippen LogP contribution in [-0.2, 0) is 18.3 Å². The van der Waals surface area contributed by atoms with Gasteiger partial charge in [-0.05, 0) is 54.5 Å². The second-order valence-corrected chi connectivity index (χ2v) is 7.25. The fourth-order valence-electron chi connectivity index (χ4n) is 4.01. The molecule has 0 aromatic heterocycles. The molecule has 3 aromatic rings. The quantitative estimate of drug-likeness (QED) is 0.408. The van der Waals surface area contributed by atoms with E-state index in [4.69, 9.17) is 0 Å². The second-order valence-electron chi connectivity index (χ2n) is 7.25. The highest BCUT2D eigenvalue weighted by molar-refractivity contribution is 5.48. The molecular formula is C27H28. The number of benzene rings is 3. The summed E-state index contributed by atoms with van der Waals surface area (Å²) in [5.41, 5.74) is 6.33. The van der Waals surface area contributed by atoms with Gasteiger partial charge in [0.2, 0.25) is 0 Å². The van der Waals surface area contributed by atoms with Gasteiger partial charge < -0.3 is 0 Å². The summed E-state index contributed by atoms with van der Waals surface area (Å²) >= 11 is 0. The van der Waals surface area contributed by atoms with Crippen molar-refractivity contribution in [2.75, 3.05) is 0 Å². The minimum Gasteiger partial charge on any atom is -0.0949 e. The highest BCUT2D eigenvalue weighted by Gasteiger charge is 2.35. The second kappa shape index (κ2) is 8.68. The van der Waals surface area contributed by atoms with Crippen LogP contribution in [0.2, 0.25) is 0 Å². The van der Waals surface area contributed by atoms with Crippen molar-refractivity contribution < 1.29 is 0 Å². The molecule has 0 unspecified atom stereocenters. The molecule has 0 atom stereocenters. The average Bonchev–Trinajstić information content (AvgIpc) is 2.69. The third-order valence-electron chi connectivity index (χ3n) is 5.34. The minimum atomic E-state index is -0.180. The van der Waals surface area contributed by atoms with Gasteiger partial charge in [0.1, 0.15) is 0 Å². The van der Waals surface area contributed by atoms with E-state index in [1.165, 1.54) is 22.3 Å². The first kappa shape index (κ1) is 18.9. The first-order chi connectivity index (χ1) is 13.2. The van der Waals surface area contributed by atoms with Crippen LogP contribution in [0, 0.1) is 6.92 Å². The number of hydrogen-bond acceptors (Lipinski definition) is 0. The van der Waals surface area contributed by atoms with Gasteiger partial charge in [0.05, 0.1) is 0 Å². The minimum absolute atomic E-state index is 0.180. The molecular weight excluding hydrogens is 324 g/mol. The van der Waals surface area contributed by atoms with E-state index in [1.807, 2.05) is 0 Å². The molecule has 0 aliphatic heterocycles. The Morgan fingerprint density at radius 1 is 0.778 bits per heavy atom. The fourth-order valence-corrected chi connectivity index (χ4v) is 4.01. The van der Waals surface area contributed by atoms with Gasteiger partial charge in [-0.1, -0.05) is 104 Å². The zero-order chi connectivity index (χ0) is 19.1. The van der Waals surface area contributed by atoms with Gasteiger partial charge in [-0.2, -0.15) is 0 Å². The first-order valence-electron chi connectivity index (χ1n) is 9.62. The number of aryl methyl sites for hydroxylation is 1.